The summed E-state index contributed by atoms with van der Waals surface area (Å²) in [5, 5.41) is 13.3. The fraction of sp³-hybridized carbons (Fsp3) is 0.833. The van der Waals surface area contributed by atoms with Gasteiger partial charge in [-0.25, -0.2) is 5.11 Å². The van der Waals surface area contributed by atoms with Crippen LogP contribution in [-0.2, 0) is 14.6 Å². The lowest BCUT2D eigenvalue weighted by Gasteiger charge is -2.23. The Balaban J connectivity index is 2.48. The minimum Gasteiger partial charge on any atom is -0.364 e. The lowest BCUT2D eigenvalue weighted by Crippen LogP contribution is -2.48. The predicted molar refractivity (Wildman–Crippen MR) is 32.9 cm³/mol. The molecule has 0 bridgehead atoms. The van der Waals surface area contributed by atoms with Crippen molar-refractivity contribution in [3.05, 3.63) is 0 Å². The van der Waals surface area contributed by atoms with Crippen molar-refractivity contribution >= 4 is 5.91 Å². The molecule has 1 heterocycles. The molecule has 57 valence electrons. The molecule has 1 radical (unpaired) electrons. The van der Waals surface area contributed by atoms with Crippen molar-refractivity contribution in [3.8, 4) is 0 Å². The first-order valence-corrected chi connectivity index (χ1v) is 3.27. The molecular weight excluding hydrogens is 134 g/mol. The second-order valence-electron chi connectivity index (χ2n) is 2.29. The number of carbonyl (C=O) groups is 1. The highest BCUT2D eigenvalue weighted by Gasteiger charge is 2.27. The van der Waals surface area contributed by atoms with E-state index in [2.05, 4.69) is 5.32 Å². The zero-order valence-electron chi connectivity index (χ0n) is 5.79. The number of ether oxygens (including phenoxy) is 1. The Morgan fingerprint density at radius 1 is 1.80 bits per heavy atom. The number of hydrogen-bond donors (Lipinski definition) is 1. The van der Waals surface area contributed by atoms with E-state index in [1.165, 1.54) is 6.92 Å². The van der Waals surface area contributed by atoms with Crippen LogP contribution in [0.1, 0.15) is 6.92 Å². The maximum atomic E-state index is 10.8. The highest BCUT2D eigenvalue weighted by molar-refractivity contribution is 5.81. The van der Waals surface area contributed by atoms with Crippen LogP contribution >= 0.6 is 0 Å². The first kappa shape index (κ1) is 7.50. The smallest absolute Gasteiger partial charge is 0.252 e. The molecular formula is C6H10NO3. The summed E-state index contributed by atoms with van der Waals surface area (Å²) in [6, 6.07) is 0. The lowest BCUT2D eigenvalue weighted by atomic mass is 10.2. The van der Waals surface area contributed by atoms with Crippen molar-refractivity contribution in [2.45, 2.75) is 19.1 Å². The molecule has 4 nitrogen and oxygen atoms in total. The summed E-state index contributed by atoms with van der Waals surface area (Å²) in [5.74, 6) is -0.284. The van der Waals surface area contributed by atoms with Crippen LogP contribution in [0.3, 0.4) is 0 Å². The Morgan fingerprint density at radius 3 is 2.90 bits per heavy atom. The van der Waals surface area contributed by atoms with Gasteiger partial charge in [0.15, 0.2) is 6.10 Å². The van der Waals surface area contributed by atoms with Gasteiger partial charge < -0.3 is 10.1 Å². The second-order valence-corrected chi connectivity index (χ2v) is 2.29. The molecule has 1 amide bonds. The molecule has 0 aromatic rings. The third kappa shape index (κ3) is 1.46. The van der Waals surface area contributed by atoms with Crippen molar-refractivity contribution in [1.82, 2.24) is 5.32 Å². The minimum atomic E-state index is -0.972. The highest BCUT2D eigenvalue weighted by atomic mass is 16.5. The van der Waals surface area contributed by atoms with Gasteiger partial charge in [-0.15, -0.1) is 0 Å². The number of carbonyl (C=O) groups excluding carboxylic acids is 1. The second kappa shape index (κ2) is 2.98. The monoisotopic (exact) mass is 144 g/mol. The van der Waals surface area contributed by atoms with Gasteiger partial charge in [-0.05, 0) is 6.92 Å². The van der Waals surface area contributed by atoms with E-state index < -0.39 is 12.2 Å². The lowest BCUT2D eigenvalue weighted by molar-refractivity contribution is -0.149. The van der Waals surface area contributed by atoms with Crippen molar-refractivity contribution < 1.29 is 14.6 Å². The Morgan fingerprint density at radius 2 is 2.50 bits per heavy atom. The number of morpholine rings is 1. The maximum absolute atomic E-state index is 10.8. The van der Waals surface area contributed by atoms with E-state index in [4.69, 9.17) is 4.74 Å². The third-order valence-corrected chi connectivity index (χ3v) is 1.38. The predicted octanol–water partition coefficient (Wildman–Crippen LogP) is -0.680. The minimum absolute atomic E-state index is 0.284. The summed E-state index contributed by atoms with van der Waals surface area (Å²) in [7, 11) is 0. The van der Waals surface area contributed by atoms with Gasteiger partial charge in [0.25, 0.3) is 5.91 Å². The van der Waals surface area contributed by atoms with E-state index in [1.54, 1.807) is 0 Å². The number of amides is 1. The molecule has 1 aliphatic rings. The maximum Gasteiger partial charge on any atom is 0.252 e. The van der Waals surface area contributed by atoms with Crippen molar-refractivity contribution in [3.63, 3.8) is 0 Å². The van der Waals surface area contributed by atoms with Crippen LogP contribution in [0.4, 0.5) is 0 Å². The van der Waals surface area contributed by atoms with Crippen LogP contribution in [0.2, 0.25) is 0 Å². The van der Waals surface area contributed by atoms with Crippen molar-refractivity contribution in [2.24, 2.45) is 0 Å². The molecule has 0 saturated carbocycles. The standard InChI is InChI=1S/C6H10NO3/c1-4(8)5-6(9)7-2-3-10-5/h4-5H,2-3H2,1H3,(H,7,9). The van der Waals surface area contributed by atoms with Gasteiger partial charge in [0.2, 0.25) is 0 Å². The fourth-order valence-corrected chi connectivity index (χ4v) is 0.885. The van der Waals surface area contributed by atoms with Gasteiger partial charge in [-0.1, -0.05) is 0 Å². The van der Waals surface area contributed by atoms with Crippen molar-refractivity contribution in [1.29, 1.82) is 0 Å². The Kier molecular flexibility index (Phi) is 2.24. The SMILES string of the molecule is CC([O])C1OCCNC1=O. The molecule has 4 heteroatoms. The molecule has 10 heavy (non-hydrogen) atoms. The molecule has 1 rings (SSSR count). The average Bonchev–Trinajstić information content (AvgIpc) is 1.88. The van der Waals surface area contributed by atoms with Gasteiger partial charge >= 0.3 is 0 Å². The van der Waals surface area contributed by atoms with Gasteiger partial charge in [-0.2, -0.15) is 0 Å². The molecule has 0 spiro atoms. The first-order chi connectivity index (χ1) is 4.72. The van der Waals surface area contributed by atoms with E-state index in [0.29, 0.717) is 13.2 Å². The Hall–Kier alpha value is -0.610. The average molecular weight is 144 g/mol. The van der Waals surface area contributed by atoms with E-state index in [-0.39, 0.29) is 5.91 Å². The summed E-state index contributed by atoms with van der Waals surface area (Å²) in [6.45, 7) is 2.39. The highest BCUT2D eigenvalue weighted by Crippen LogP contribution is 2.02. The Bertz CT molecular complexity index is 135. The van der Waals surface area contributed by atoms with E-state index in [0.717, 1.165) is 0 Å². The van der Waals surface area contributed by atoms with Crippen LogP contribution in [0.5, 0.6) is 0 Å². The Labute approximate surface area is 59.2 Å². The fourth-order valence-electron chi connectivity index (χ4n) is 0.885. The number of rotatable bonds is 1. The summed E-state index contributed by atoms with van der Waals surface area (Å²) in [4.78, 5) is 10.8. The summed E-state index contributed by atoms with van der Waals surface area (Å²) in [5.41, 5.74) is 0. The first-order valence-electron chi connectivity index (χ1n) is 3.27. The van der Waals surface area contributed by atoms with Crippen LogP contribution in [-0.4, -0.2) is 31.3 Å². The normalized spacial score (nSPS) is 29.4. The topological polar surface area (TPSA) is 58.2 Å². The van der Waals surface area contributed by atoms with E-state index in [9.17, 15) is 9.90 Å². The van der Waals surface area contributed by atoms with Gasteiger partial charge in [0.1, 0.15) is 6.10 Å². The molecule has 1 N–H and O–H groups in total. The van der Waals surface area contributed by atoms with E-state index >= 15 is 0 Å². The quantitative estimate of drug-likeness (QED) is 0.530. The number of hydrogen-bond acceptors (Lipinski definition) is 2. The van der Waals surface area contributed by atoms with Gasteiger partial charge in [0, 0.05) is 6.54 Å². The molecule has 2 unspecified atom stereocenters. The molecule has 1 saturated heterocycles. The zero-order chi connectivity index (χ0) is 7.56. The molecule has 0 aliphatic carbocycles. The van der Waals surface area contributed by atoms with Crippen LogP contribution in [0.25, 0.3) is 0 Å². The molecule has 1 aliphatic heterocycles. The number of nitrogens with one attached hydrogen (secondary N) is 1. The van der Waals surface area contributed by atoms with Crippen LogP contribution in [0, 0.1) is 0 Å². The molecule has 0 aromatic carbocycles. The largest absolute Gasteiger partial charge is 0.364 e. The molecule has 2 atom stereocenters. The summed E-state index contributed by atoms with van der Waals surface area (Å²) >= 11 is 0. The zero-order valence-corrected chi connectivity index (χ0v) is 5.79. The van der Waals surface area contributed by atoms with Gasteiger partial charge in [0.05, 0.1) is 6.61 Å². The third-order valence-electron chi connectivity index (χ3n) is 1.38. The van der Waals surface area contributed by atoms with E-state index in [1.807, 2.05) is 0 Å². The van der Waals surface area contributed by atoms with Crippen molar-refractivity contribution in [2.75, 3.05) is 13.2 Å². The summed E-state index contributed by atoms with van der Waals surface area (Å²) in [6.07, 6.45) is -1.76. The van der Waals surface area contributed by atoms with Crippen LogP contribution < -0.4 is 5.32 Å². The van der Waals surface area contributed by atoms with Gasteiger partial charge in [-0.3, -0.25) is 4.79 Å². The molecule has 0 aromatic heterocycles. The van der Waals surface area contributed by atoms with Crippen LogP contribution in [0.15, 0.2) is 0 Å². The summed E-state index contributed by atoms with van der Waals surface area (Å²) < 4.78 is 4.93. The molecule has 1 fully saturated rings.